The molecule has 0 aliphatic rings. The molecule has 1 amide bonds. The Kier molecular flexibility index (Phi) is 7.16. The number of hydrogen-bond acceptors (Lipinski definition) is 6. The Hall–Kier alpha value is -2.84. The Labute approximate surface area is 145 Å². The Morgan fingerprint density at radius 2 is 1.96 bits per heavy atom. The van der Waals surface area contributed by atoms with Crippen molar-refractivity contribution in [3.8, 4) is 0 Å². The van der Waals surface area contributed by atoms with Gasteiger partial charge in [-0.3, -0.25) is 10.1 Å². The summed E-state index contributed by atoms with van der Waals surface area (Å²) in [5.74, 6) is -1.11. The Morgan fingerprint density at radius 1 is 1.28 bits per heavy atom. The topological polar surface area (TPSA) is 131 Å². The SMILES string of the molecule is CC(C)(C)OC(=O)NCCNc1cc(CC[N+](=O)[O-])ccc1C(=O)O. The van der Waals surface area contributed by atoms with E-state index in [1.807, 2.05) is 0 Å². The summed E-state index contributed by atoms with van der Waals surface area (Å²) < 4.78 is 5.09. The van der Waals surface area contributed by atoms with Crippen molar-refractivity contribution in [3.63, 3.8) is 0 Å². The third kappa shape index (κ3) is 8.00. The zero-order valence-electron chi connectivity index (χ0n) is 14.5. The summed E-state index contributed by atoms with van der Waals surface area (Å²) in [5, 5.41) is 25.1. The van der Waals surface area contributed by atoms with Crippen LogP contribution in [0.3, 0.4) is 0 Å². The summed E-state index contributed by atoms with van der Waals surface area (Å²) in [5.41, 5.74) is 0.463. The summed E-state index contributed by atoms with van der Waals surface area (Å²) in [7, 11) is 0. The fourth-order valence-corrected chi connectivity index (χ4v) is 1.98. The van der Waals surface area contributed by atoms with Crippen LogP contribution in [-0.4, -0.2) is 47.3 Å². The molecule has 0 radical (unpaired) electrons. The van der Waals surface area contributed by atoms with E-state index in [1.54, 1.807) is 32.9 Å². The van der Waals surface area contributed by atoms with Gasteiger partial charge in [0.05, 0.1) is 5.56 Å². The molecule has 3 N–H and O–H groups in total. The van der Waals surface area contributed by atoms with Crippen LogP contribution in [0.15, 0.2) is 18.2 Å². The number of carboxylic acids is 1. The molecule has 0 atom stereocenters. The molecule has 0 saturated carbocycles. The first-order valence-electron chi connectivity index (χ1n) is 7.77. The van der Waals surface area contributed by atoms with Crippen LogP contribution in [0.25, 0.3) is 0 Å². The predicted molar refractivity (Wildman–Crippen MR) is 91.7 cm³/mol. The van der Waals surface area contributed by atoms with Crippen LogP contribution in [0.1, 0.15) is 36.7 Å². The van der Waals surface area contributed by atoms with Crippen molar-refractivity contribution < 1.29 is 24.4 Å². The molecule has 0 spiro atoms. The summed E-state index contributed by atoms with van der Waals surface area (Å²) in [4.78, 5) is 32.8. The summed E-state index contributed by atoms with van der Waals surface area (Å²) in [6.07, 6.45) is -0.356. The van der Waals surface area contributed by atoms with Crippen LogP contribution in [0.4, 0.5) is 10.5 Å². The highest BCUT2D eigenvalue weighted by Crippen LogP contribution is 2.18. The van der Waals surface area contributed by atoms with Crippen molar-refractivity contribution in [2.24, 2.45) is 0 Å². The zero-order valence-corrected chi connectivity index (χ0v) is 14.5. The lowest BCUT2D eigenvalue weighted by Gasteiger charge is -2.19. The summed E-state index contributed by atoms with van der Waals surface area (Å²) in [6, 6.07) is 4.53. The highest BCUT2D eigenvalue weighted by molar-refractivity contribution is 5.94. The van der Waals surface area contributed by atoms with Crippen LogP contribution in [0.2, 0.25) is 0 Å². The van der Waals surface area contributed by atoms with Gasteiger partial charge in [0.15, 0.2) is 0 Å². The second-order valence-electron chi connectivity index (χ2n) is 6.35. The van der Waals surface area contributed by atoms with Gasteiger partial charge in [0.25, 0.3) is 0 Å². The van der Waals surface area contributed by atoms with Gasteiger partial charge >= 0.3 is 12.1 Å². The van der Waals surface area contributed by atoms with E-state index in [-0.39, 0.29) is 31.6 Å². The first-order chi connectivity index (χ1) is 11.6. The molecule has 138 valence electrons. The van der Waals surface area contributed by atoms with Crippen LogP contribution >= 0.6 is 0 Å². The quantitative estimate of drug-likeness (QED) is 0.371. The lowest BCUT2D eigenvalue weighted by Crippen LogP contribution is -2.35. The van der Waals surface area contributed by atoms with Gasteiger partial charge in [-0.1, -0.05) is 6.07 Å². The average Bonchev–Trinajstić information content (AvgIpc) is 2.47. The molecule has 9 nitrogen and oxygen atoms in total. The van der Waals surface area contributed by atoms with Gasteiger partial charge in [-0.2, -0.15) is 0 Å². The van der Waals surface area contributed by atoms with Crippen LogP contribution < -0.4 is 10.6 Å². The number of hydrogen-bond donors (Lipinski definition) is 3. The Morgan fingerprint density at radius 3 is 2.52 bits per heavy atom. The maximum absolute atomic E-state index is 11.5. The molecule has 0 aromatic heterocycles. The number of carbonyl (C=O) groups is 2. The van der Waals surface area contributed by atoms with Crippen molar-refractivity contribution in [2.45, 2.75) is 32.8 Å². The van der Waals surface area contributed by atoms with Gasteiger partial charge < -0.3 is 20.5 Å². The number of anilines is 1. The van der Waals surface area contributed by atoms with Gasteiger partial charge in [0, 0.05) is 30.1 Å². The van der Waals surface area contributed by atoms with E-state index >= 15 is 0 Å². The molecule has 0 saturated heterocycles. The lowest BCUT2D eigenvalue weighted by molar-refractivity contribution is -0.479. The number of amides is 1. The number of nitro groups is 1. The lowest BCUT2D eigenvalue weighted by atomic mass is 10.1. The van der Waals surface area contributed by atoms with Gasteiger partial charge in [-0.15, -0.1) is 0 Å². The fourth-order valence-electron chi connectivity index (χ4n) is 1.98. The maximum Gasteiger partial charge on any atom is 0.407 e. The number of carbonyl (C=O) groups excluding carboxylic acids is 1. The van der Waals surface area contributed by atoms with E-state index < -0.39 is 22.6 Å². The molecule has 0 fully saturated rings. The molecule has 25 heavy (non-hydrogen) atoms. The monoisotopic (exact) mass is 353 g/mol. The summed E-state index contributed by atoms with van der Waals surface area (Å²) in [6.45, 7) is 5.53. The highest BCUT2D eigenvalue weighted by Gasteiger charge is 2.16. The Balaban J connectivity index is 2.62. The molecule has 1 aromatic rings. The number of aromatic carboxylic acids is 1. The molecule has 1 aromatic carbocycles. The van der Waals surface area contributed by atoms with Gasteiger partial charge in [-0.25, -0.2) is 9.59 Å². The van der Waals surface area contributed by atoms with Crippen molar-refractivity contribution in [1.29, 1.82) is 0 Å². The number of nitrogens with zero attached hydrogens (tertiary/aromatic N) is 1. The minimum atomic E-state index is -1.11. The smallest absolute Gasteiger partial charge is 0.407 e. The number of benzene rings is 1. The third-order valence-electron chi connectivity index (χ3n) is 3.01. The number of alkyl carbamates (subject to hydrolysis) is 1. The molecular weight excluding hydrogens is 330 g/mol. The Bertz CT molecular complexity index is 639. The fraction of sp³-hybridized carbons (Fsp3) is 0.500. The van der Waals surface area contributed by atoms with Crippen LogP contribution in [-0.2, 0) is 11.2 Å². The first-order valence-corrected chi connectivity index (χ1v) is 7.77. The minimum Gasteiger partial charge on any atom is -0.478 e. The second kappa shape index (κ2) is 8.86. The van der Waals surface area contributed by atoms with E-state index in [1.165, 1.54) is 6.07 Å². The number of carboxylic acid groups (broad SMARTS) is 1. The third-order valence-corrected chi connectivity index (χ3v) is 3.01. The zero-order chi connectivity index (χ0) is 19.0. The molecule has 0 unspecified atom stereocenters. The highest BCUT2D eigenvalue weighted by atomic mass is 16.6. The van der Waals surface area contributed by atoms with E-state index in [0.29, 0.717) is 11.3 Å². The minimum absolute atomic E-state index is 0.0575. The van der Waals surface area contributed by atoms with Crippen LogP contribution in [0.5, 0.6) is 0 Å². The number of rotatable bonds is 8. The molecule has 0 heterocycles. The normalized spacial score (nSPS) is 10.8. The van der Waals surface area contributed by atoms with Crippen molar-refractivity contribution >= 4 is 17.7 Å². The average molecular weight is 353 g/mol. The van der Waals surface area contributed by atoms with Gasteiger partial charge in [0.2, 0.25) is 6.54 Å². The van der Waals surface area contributed by atoms with Gasteiger partial charge in [-0.05, 0) is 38.5 Å². The largest absolute Gasteiger partial charge is 0.478 e. The van der Waals surface area contributed by atoms with Crippen LogP contribution in [0, 0.1) is 10.1 Å². The van der Waals surface area contributed by atoms with E-state index in [0.717, 1.165) is 0 Å². The maximum atomic E-state index is 11.5. The molecular formula is C16H23N3O6. The number of ether oxygens (including phenoxy) is 1. The predicted octanol–water partition coefficient (Wildman–Crippen LogP) is 2.14. The molecule has 9 heteroatoms. The van der Waals surface area contributed by atoms with Crippen molar-refractivity contribution in [3.05, 3.63) is 39.4 Å². The van der Waals surface area contributed by atoms with E-state index in [2.05, 4.69) is 10.6 Å². The number of nitrogens with one attached hydrogen (secondary N) is 2. The van der Waals surface area contributed by atoms with E-state index in [9.17, 15) is 24.8 Å². The molecule has 0 bridgehead atoms. The standard InChI is InChI=1S/C16H23N3O6/c1-16(2,3)25-15(22)18-8-7-17-13-10-11(6-9-19(23)24)4-5-12(13)14(20)21/h4-5,10,17H,6-9H2,1-3H3,(H,18,22)(H,20,21). The van der Waals surface area contributed by atoms with E-state index in [4.69, 9.17) is 4.74 Å². The second-order valence-corrected chi connectivity index (χ2v) is 6.35. The summed E-state index contributed by atoms with van der Waals surface area (Å²) >= 11 is 0. The molecule has 0 aliphatic carbocycles. The molecule has 1 rings (SSSR count). The van der Waals surface area contributed by atoms with Crippen molar-refractivity contribution in [2.75, 3.05) is 25.0 Å². The van der Waals surface area contributed by atoms with Gasteiger partial charge in [0.1, 0.15) is 5.60 Å². The first kappa shape index (κ1) is 20.2. The van der Waals surface area contributed by atoms with Crippen molar-refractivity contribution in [1.82, 2.24) is 5.32 Å². The molecule has 0 aliphatic heterocycles.